The molecule has 1 heterocycles. The number of esters is 1. The minimum absolute atomic E-state index is 0.124. The molecule has 0 amide bonds. The Morgan fingerprint density at radius 3 is 2.44 bits per heavy atom. The standard InChI is InChI=1S/C10H17O5P/c1-3-14-16(12,15-4-2)8-6-9-5-7-13-10(9)11/h6H,3-5,7-8H2,1-2H3/b9-6-. The Morgan fingerprint density at radius 2 is 2.00 bits per heavy atom. The zero-order valence-corrected chi connectivity index (χ0v) is 10.5. The van der Waals surface area contributed by atoms with E-state index in [2.05, 4.69) is 0 Å². The topological polar surface area (TPSA) is 61.8 Å². The van der Waals surface area contributed by atoms with Gasteiger partial charge < -0.3 is 13.8 Å². The number of cyclic esters (lactones) is 1. The van der Waals surface area contributed by atoms with Crippen LogP contribution in [0.15, 0.2) is 11.6 Å². The molecule has 0 aromatic rings. The van der Waals surface area contributed by atoms with E-state index in [1.807, 2.05) is 0 Å². The lowest BCUT2D eigenvalue weighted by Crippen LogP contribution is -2.01. The maximum atomic E-state index is 12.0. The molecule has 1 saturated heterocycles. The van der Waals surface area contributed by atoms with Gasteiger partial charge >= 0.3 is 13.6 Å². The summed E-state index contributed by atoms with van der Waals surface area (Å²) in [6, 6.07) is 0. The van der Waals surface area contributed by atoms with E-state index in [9.17, 15) is 9.36 Å². The maximum Gasteiger partial charge on any atom is 0.334 e. The molecule has 0 unspecified atom stereocenters. The van der Waals surface area contributed by atoms with Gasteiger partial charge in [0.05, 0.1) is 26.0 Å². The minimum Gasteiger partial charge on any atom is -0.462 e. The Balaban J connectivity index is 2.62. The smallest absolute Gasteiger partial charge is 0.334 e. The second-order valence-electron chi connectivity index (χ2n) is 3.24. The first kappa shape index (κ1) is 13.4. The molecular weight excluding hydrogens is 231 g/mol. The lowest BCUT2D eigenvalue weighted by molar-refractivity contribution is -0.135. The summed E-state index contributed by atoms with van der Waals surface area (Å²) in [6.07, 6.45) is 2.29. The lowest BCUT2D eigenvalue weighted by atomic mass is 10.2. The molecule has 0 atom stereocenters. The molecule has 0 bridgehead atoms. The van der Waals surface area contributed by atoms with Crippen LogP contribution in [-0.2, 0) is 23.1 Å². The van der Waals surface area contributed by atoms with E-state index >= 15 is 0 Å². The van der Waals surface area contributed by atoms with Crippen LogP contribution in [0.25, 0.3) is 0 Å². The molecule has 5 nitrogen and oxygen atoms in total. The summed E-state index contributed by atoms with van der Waals surface area (Å²) in [6.45, 7) is 4.55. The van der Waals surface area contributed by atoms with Crippen LogP contribution < -0.4 is 0 Å². The van der Waals surface area contributed by atoms with Gasteiger partial charge in [0.15, 0.2) is 0 Å². The zero-order chi connectivity index (χ0) is 12.0. The molecule has 0 aliphatic carbocycles. The van der Waals surface area contributed by atoms with Gasteiger partial charge in [0.1, 0.15) is 0 Å². The van der Waals surface area contributed by atoms with E-state index in [0.29, 0.717) is 31.8 Å². The Morgan fingerprint density at radius 1 is 1.38 bits per heavy atom. The molecule has 1 rings (SSSR count). The van der Waals surface area contributed by atoms with Gasteiger partial charge in [-0.15, -0.1) is 0 Å². The quantitative estimate of drug-likeness (QED) is 0.409. The van der Waals surface area contributed by atoms with Crippen molar-refractivity contribution in [1.82, 2.24) is 0 Å². The number of carbonyl (C=O) groups is 1. The van der Waals surface area contributed by atoms with Crippen molar-refractivity contribution in [2.45, 2.75) is 20.3 Å². The van der Waals surface area contributed by atoms with Gasteiger partial charge in [-0.3, -0.25) is 4.57 Å². The predicted octanol–water partition coefficient (Wildman–Crippen LogP) is 2.13. The number of ether oxygens (including phenoxy) is 1. The van der Waals surface area contributed by atoms with Crippen molar-refractivity contribution in [2.75, 3.05) is 26.0 Å². The molecule has 16 heavy (non-hydrogen) atoms. The summed E-state index contributed by atoms with van der Waals surface area (Å²) in [5, 5.41) is 0. The fraction of sp³-hybridized carbons (Fsp3) is 0.700. The van der Waals surface area contributed by atoms with Crippen molar-refractivity contribution in [3.05, 3.63) is 11.6 Å². The van der Waals surface area contributed by atoms with Crippen LogP contribution in [0, 0.1) is 0 Å². The Bertz CT molecular complexity index is 313. The lowest BCUT2D eigenvalue weighted by Gasteiger charge is -2.14. The van der Waals surface area contributed by atoms with Gasteiger partial charge in [-0.2, -0.15) is 0 Å². The fourth-order valence-electron chi connectivity index (χ4n) is 1.39. The summed E-state index contributed by atoms with van der Waals surface area (Å²) in [7, 11) is -3.08. The first-order chi connectivity index (χ1) is 7.61. The number of allylic oxidation sites excluding steroid dienone is 1. The third kappa shape index (κ3) is 3.74. The van der Waals surface area contributed by atoms with E-state index in [-0.39, 0.29) is 12.1 Å². The first-order valence-corrected chi connectivity index (χ1v) is 7.08. The molecule has 0 spiro atoms. The van der Waals surface area contributed by atoms with Gasteiger partial charge in [-0.25, -0.2) is 4.79 Å². The fourth-order valence-corrected chi connectivity index (χ4v) is 2.91. The van der Waals surface area contributed by atoms with E-state index in [1.165, 1.54) is 0 Å². The van der Waals surface area contributed by atoms with Crippen molar-refractivity contribution in [3.8, 4) is 0 Å². The van der Waals surface area contributed by atoms with Crippen molar-refractivity contribution in [3.63, 3.8) is 0 Å². The molecule has 0 radical (unpaired) electrons. The Kier molecular flexibility index (Phi) is 5.19. The number of rotatable bonds is 6. The van der Waals surface area contributed by atoms with Crippen LogP contribution in [0.4, 0.5) is 0 Å². The van der Waals surface area contributed by atoms with Gasteiger partial charge in [0.2, 0.25) is 0 Å². The predicted molar refractivity (Wildman–Crippen MR) is 59.4 cm³/mol. The molecule has 0 aromatic heterocycles. The van der Waals surface area contributed by atoms with Crippen LogP contribution in [0.5, 0.6) is 0 Å². The molecular formula is C10H17O5P. The highest BCUT2D eigenvalue weighted by molar-refractivity contribution is 7.54. The van der Waals surface area contributed by atoms with Gasteiger partial charge in [0.25, 0.3) is 0 Å². The van der Waals surface area contributed by atoms with Crippen LogP contribution in [0.3, 0.4) is 0 Å². The molecule has 92 valence electrons. The third-order valence-electron chi connectivity index (χ3n) is 2.08. The normalized spacial score (nSPS) is 19.1. The molecule has 1 fully saturated rings. The van der Waals surface area contributed by atoms with Gasteiger partial charge in [-0.1, -0.05) is 6.08 Å². The van der Waals surface area contributed by atoms with Crippen molar-refractivity contribution >= 4 is 13.6 Å². The molecule has 1 aliphatic heterocycles. The van der Waals surface area contributed by atoms with Crippen LogP contribution in [0.1, 0.15) is 20.3 Å². The average molecular weight is 248 g/mol. The van der Waals surface area contributed by atoms with Crippen LogP contribution in [0.2, 0.25) is 0 Å². The SMILES string of the molecule is CCOP(=O)(C/C=C1/CCOC1=O)OCC. The van der Waals surface area contributed by atoms with Crippen LogP contribution in [-0.4, -0.2) is 32.0 Å². The monoisotopic (exact) mass is 248 g/mol. The highest BCUT2D eigenvalue weighted by Crippen LogP contribution is 2.48. The van der Waals surface area contributed by atoms with Gasteiger partial charge in [0, 0.05) is 12.0 Å². The van der Waals surface area contributed by atoms with E-state index < -0.39 is 7.60 Å². The second-order valence-corrected chi connectivity index (χ2v) is 5.35. The number of hydrogen-bond donors (Lipinski definition) is 0. The highest BCUT2D eigenvalue weighted by Gasteiger charge is 2.25. The average Bonchev–Trinajstić information content (AvgIpc) is 2.62. The van der Waals surface area contributed by atoms with Crippen molar-refractivity contribution in [2.24, 2.45) is 0 Å². The Hall–Kier alpha value is -0.640. The highest BCUT2D eigenvalue weighted by atomic mass is 31.2. The molecule has 0 aromatic carbocycles. The van der Waals surface area contributed by atoms with Crippen LogP contribution >= 0.6 is 7.60 Å². The van der Waals surface area contributed by atoms with Crippen molar-refractivity contribution in [1.29, 1.82) is 0 Å². The number of hydrogen-bond acceptors (Lipinski definition) is 5. The molecule has 0 N–H and O–H groups in total. The minimum atomic E-state index is -3.08. The zero-order valence-electron chi connectivity index (χ0n) is 9.60. The largest absolute Gasteiger partial charge is 0.462 e. The summed E-state index contributed by atoms with van der Waals surface area (Å²) in [5.41, 5.74) is 0.555. The summed E-state index contributed by atoms with van der Waals surface area (Å²) in [4.78, 5) is 11.1. The third-order valence-corrected chi connectivity index (χ3v) is 4.01. The molecule has 0 saturated carbocycles. The van der Waals surface area contributed by atoms with E-state index in [0.717, 1.165) is 0 Å². The summed E-state index contributed by atoms with van der Waals surface area (Å²) in [5.74, 6) is -0.334. The number of carbonyl (C=O) groups excluding carboxylic acids is 1. The summed E-state index contributed by atoms with van der Waals surface area (Å²) < 4.78 is 27.0. The second kappa shape index (κ2) is 6.18. The van der Waals surface area contributed by atoms with Crippen molar-refractivity contribution < 1.29 is 23.1 Å². The van der Waals surface area contributed by atoms with Gasteiger partial charge in [-0.05, 0) is 13.8 Å². The molecule has 1 aliphatic rings. The first-order valence-electron chi connectivity index (χ1n) is 5.35. The molecule has 6 heteroatoms. The maximum absolute atomic E-state index is 12.0. The summed E-state index contributed by atoms with van der Waals surface area (Å²) >= 11 is 0. The van der Waals surface area contributed by atoms with E-state index in [4.69, 9.17) is 13.8 Å². The Labute approximate surface area is 95.3 Å². The van der Waals surface area contributed by atoms with E-state index in [1.54, 1.807) is 19.9 Å².